The van der Waals surface area contributed by atoms with Crippen LogP contribution in [0.2, 0.25) is 0 Å². The van der Waals surface area contributed by atoms with Crippen molar-refractivity contribution >= 4 is 23.8 Å². The zero-order valence-corrected chi connectivity index (χ0v) is 11.6. The van der Waals surface area contributed by atoms with Gasteiger partial charge in [-0.1, -0.05) is 6.92 Å². The molecular weight excluding hydrogens is 286 g/mol. The summed E-state index contributed by atoms with van der Waals surface area (Å²) in [6, 6.07) is -2.04. The van der Waals surface area contributed by atoms with Gasteiger partial charge in [0.15, 0.2) is 0 Å². The van der Waals surface area contributed by atoms with E-state index in [2.05, 4.69) is 5.32 Å². The van der Waals surface area contributed by atoms with Gasteiger partial charge in [0.05, 0.1) is 18.9 Å². The topological polar surface area (TPSA) is 193 Å². The van der Waals surface area contributed by atoms with E-state index in [1.807, 2.05) is 6.92 Å². The Kier molecular flexibility index (Phi) is 11.7. The predicted molar refractivity (Wildman–Crippen MR) is 71.4 cm³/mol. The SMILES string of the molecule is CCCN[C@@H](CC(=O)O)C(N)=O.N[C@@H](CC(=O)O)C(=O)O. The number of nitrogens with two attached hydrogens (primary N) is 2. The summed E-state index contributed by atoms with van der Waals surface area (Å²) >= 11 is 0. The monoisotopic (exact) mass is 307 g/mol. The molecule has 122 valence electrons. The number of amides is 1. The molecule has 8 N–H and O–H groups in total. The van der Waals surface area contributed by atoms with Gasteiger partial charge in [0, 0.05) is 0 Å². The summed E-state index contributed by atoms with van der Waals surface area (Å²) in [5.74, 6) is -4.14. The highest BCUT2D eigenvalue weighted by Crippen LogP contribution is 1.91. The van der Waals surface area contributed by atoms with E-state index in [9.17, 15) is 19.2 Å². The Balaban J connectivity index is 0. The zero-order chi connectivity index (χ0) is 17.0. The van der Waals surface area contributed by atoms with Gasteiger partial charge >= 0.3 is 17.9 Å². The van der Waals surface area contributed by atoms with Crippen molar-refractivity contribution in [1.29, 1.82) is 0 Å². The lowest BCUT2D eigenvalue weighted by Crippen LogP contribution is -2.43. The number of rotatable bonds is 9. The van der Waals surface area contributed by atoms with Crippen molar-refractivity contribution in [3.63, 3.8) is 0 Å². The number of carbonyl (C=O) groups is 4. The third-order valence-electron chi connectivity index (χ3n) is 2.07. The molecule has 0 aromatic rings. The molecule has 0 spiro atoms. The largest absolute Gasteiger partial charge is 0.481 e. The number of aliphatic carboxylic acids is 3. The fraction of sp³-hybridized carbons (Fsp3) is 0.636. The van der Waals surface area contributed by atoms with Crippen LogP contribution in [-0.4, -0.2) is 57.8 Å². The van der Waals surface area contributed by atoms with E-state index in [-0.39, 0.29) is 6.42 Å². The lowest BCUT2D eigenvalue weighted by molar-refractivity contribution is -0.144. The summed E-state index contributed by atoms with van der Waals surface area (Å²) in [6.45, 7) is 2.52. The van der Waals surface area contributed by atoms with Gasteiger partial charge in [0.2, 0.25) is 5.91 Å². The average molecular weight is 307 g/mol. The molecule has 0 heterocycles. The summed E-state index contributed by atoms with van der Waals surface area (Å²) < 4.78 is 0. The second-order valence-corrected chi connectivity index (χ2v) is 4.05. The van der Waals surface area contributed by atoms with Gasteiger partial charge in [-0.3, -0.25) is 19.2 Å². The predicted octanol–water partition coefficient (Wildman–Crippen LogP) is -1.81. The summed E-state index contributed by atoms with van der Waals surface area (Å²) in [6.07, 6.45) is 0.0497. The number of carboxylic acids is 3. The minimum absolute atomic E-state index is 0.255. The molecule has 10 heteroatoms. The maximum absolute atomic E-state index is 10.6. The highest BCUT2D eigenvalue weighted by atomic mass is 16.4. The first-order valence-electron chi connectivity index (χ1n) is 6.06. The third kappa shape index (κ3) is 14.0. The smallest absolute Gasteiger partial charge is 0.321 e. The minimum Gasteiger partial charge on any atom is -0.481 e. The van der Waals surface area contributed by atoms with Crippen LogP contribution in [0, 0.1) is 0 Å². The number of hydrogen-bond acceptors (Lipinski definition) is 6. The van der Waals surface area contributed by atoms with E-state index in [4.69, 9.17) is 26.8 Å². The molecule has 0 aromatic carbocycles. The van der Waals surface area contributed by atoms with Gasteiger partial charge in [-0.2, -0.15) is 0 Å². The van der Waals surface area contributed by atoms with E-state index >= 15 is 0 Å². The molecular formula is C11H21N3O7. The average Bonchev–Trinajstić information content (AvgIpc) is 2.33. The highest BCUT2D eigenvalue weighted by molar-refractivity contribution is 5.84. The number of nitrogens with one attached hydrogen (secondary N) is 1. The molecule has 2 atom stereocenters. The van der Waals surface area contributed by atoms with Gasteiger partial charge < -0.3 is 32.1 Å². The number of carboxylic acid groups (broad SMARTS) is 3. The van der Waals surface area contributed by atoms with E-state index in [1.54, 1.807) is 0 Å². The molecule has 0 saturated heterocycles. The Morgan fingerprint density at radius 2 is 1.52 bits per heavy atom. The van der Waals surface area contributed by atoms with Crippen molar-refractivity contribution in [2.24, 2.45) is 11.5 Å². The zero-order valence-electron chi connectivity index (χ0n) is 11.6. The van der Waals surface area contributed by atoms with Crippen LogP contribution in [0.5, 0.6) is 0 Å². The van der Waals surface area contributed by atoms with E-state index in [1.165, 1.54) is 0 Å². The molecule has 0 bridgehead atoms. The van der Waals surface area contributed by atoms with Gasteiger partial charge in [0.25, 0.3) is 0 Å². The molecule has 21 heavy (non-hydrogen) atoms. The summed E-state index contributed by atoms with van der Waals surface area (Å²) in [5.41, 5.74) is 9.80. The standard InChI is InChI=1S/C7H14N2O3.C4H7NO4/c1-2-3-9-5(7(8)12)4-6(10)11;5-2(4(8)9)1-3(6)7/h5,9H,2-4H2,1H3,(H2,8,12)(H,10,11);2H,1,5H2,(H,6,7)(H,8,9)/t5-;2-/m00/s1. The molecule has 0 aliphatic rings. The van der Waals surface area contributed by atoms with Crippen LogP contribution in [0.15, 0.2) is 0 Å². The second-order valence-electron chi connectivity index (χ2n) is 4.05. The van der Waals surface area contributed by atoms with Crippen molar-refractivity contribution in [3.8, 4) is 0 Å². The fourth-order valence-corrected chi connectivity index (χ4v) is 1.04. The summed E-state index contributed by atoms with van der Waals surface area (Å²) in [7, 11) is 0. The van der Waals surface area contributed by atoms with Crippen LogP contribution in [0.3, 0.4) is 0 Å². The molecule has 0 aromatic heterocycles. The maximum atomic E-state index is 10.6. The minimum atomic E-state index is -1.29. The molecule has 0 fully saturated rings. The van der Waals surface area contributed by atoms with Crippen LogP contribution in [0.1, 0.15) is 26.2 Å². The maximum Gasteiger partial charge on any atom is 0.321 e. The van der Waals surface area contributed by atoms with Gasteiger partial charge in [0.1, 0.15) is 6.04 Å². The Hall–Kier alpha value is -2.20. The molecule has 0 radical (unpaired) electrons. The molecule has 10 nitrogen and oxygen atoms in total. The molecule has 0 saturated carbocycles. The lowest BCUT2D eigenvalue weighted by Gasteiger charge is -2.11. The fourth-order valence-electron chi connectivity index (χ4n) is 1.04. The third-order valence-corrected chi connectivity index (χ3v) is 2.07. The van der Waals surface area contributed by atoms with Crippen molar-refractivity contribution in [2.75, 3.05) is 6.54 Å². The van der Waals surface area contributed by atoms with Gasteiger partial charge in [-0.25, -0.2) is 0 Å². The first-order chi connectivity index (χ1) is 9.61. The molecule has 0 rings (SSSR count). The van der Waals surface area contributed by atoms with Crippen LogP contribution in [-0.2, 0) is 19.2 Å². The Morgan fingerprint density at radius 1 is 1.05 bits per heavy atom. The summed E-state index contributed by atoms with van der Waals surface area (Å²) in [4.78, 5) is 40.5. The number of primary amides is 1. The van der Waals surface area contributed by atoms with Crippen LogP contribution in [0.25, 0.3) is 0 Å². The molecule has 0 aliphatic carbocycles. The van der Waals surface area contributed by atoms with E-state index in [0.29, 0.717) is 6.54 Å². The van der Waals surface area contributed by atoms with Crippen molar-refractivity contribution in [2.45, 2.75) is 38.3 Å². The van der Waals surface area contributed by atoms with Crippen molar-refractivity contribution in [3.05, 3.63) is 0 Å². The highest BCUT2D eigenvalue weighted by Gasteiger charge is 2.17. The first kappa shape index (κ1) is 21.1. The Labute approximate surface area is 121 Å². The number of hydrogen-bond donors (Lipinski definition) is 6. The van der Waals surface area contributed by atoms with Gasteiger partial charge in [-0.05, 0) is 13.0 Å². The molecule has 1 amide bonds. The second kappa shape index (κ2) is 11.6. The Morgan fingerprint density at radius 3 is 1.76 bits per heavy atom. The first-order valence-corrected chi connectivity index (χ1v) is 6.06. The van der Waals surface area contributed by atoms with Crippen molar-refractivity contribution in [1.82, 2.24) is 5.32 Å². The molecule has 0 aliphatic heterocycles. The van der Waals surface area contributed by atoms with Crippen LogP contribution in [0.4, 0.5) is 0 Å². The Bertz CT molecular complexity index is 373. The van der Waals surface area contributed by atoms with Gasteiger partial charge in [-0.15, -0.1) is 0 Å². The lowest BCUT2D eigenvalue weighted by atomic mass is 10.2. The summed E-state index contributed by atoms with van der Waals surface area (Å²) in [5, 5.41) is 27.2. The number of carbonyl (C=O) groups excluding carboxylic acids is 1. The van der Waals surface area contributed by atoms with Crippen LogP contribution < -0.4 is 16.8 Å². The quantitative estimate of drug-likeness (QED) is 0.284. The van der Waals surface area contributed by atoms with E-state index in [0.717, 1.165) is 6.42 Å². The normalized spacial score (nSPS) is 12.5. The van der Waals surface area contributed by atoms with E-state index < -0.39 is 42.3 Å². The van der Waals surface area contributed by atoms with Crippen LogP contribution >= 0.6 is 0 Å². The van der Waals surface area contributed by atoms with Crippen molar-refractivity contribution < 1.29 is 34.5 Å². The molecule has 0 unspecified atom stereocenters.